The first-order valence-corrected chi connectivity index (χ1v) is 10.2. The van der Waals surface area contributed by atoms with Crippen LogP contribution in [-0.2, 0) is 24.3 Å². The summed E-state index contributed by atoms with van der Waals surface area (Å²) in [6.45, 7) is 5.99. The molecule has 2 aromatic carbocycles. The molecule has 2 aliphatic heterocycles. The molecule has 0 radical (unpaired) electrons. The van der Waals surface area contributed by atoms with E-state index in [1.807, 2.05) is 35.2 Å². The van der Waals surface area contributed by atoms with Crippen molar-refractivity contribution in [2.24, 2.45) is 0 Å². The van der Waals surface area contributed by atoms with Gasteiger partial charge in [0.2, 0.25) is 0 Å². The fourth-order valence-electron chi connectivity index (χ4n) is 3.98. The molecule has 148 valence electrons. The summed E-state index contributed by atoms with van der Waals surface area (Å²) in [5.41, 5.74) is 4.90. The molecule has 0 aromatic heterocycles. The minimum Gasteiger partial charge on any atom is -0.445 e. The lowest BCUT2D eigenvalue weighted by atomic mass is 10.0. The number of aryl methyl sites for hydroxylation is 1. The van der Waals surface area contributed by atoms with Gasteiger partial charge in [0, 0.05) is 45.0 Å². The molecule has 2 aromatic rings. The van der Waals surface area contributed by atoms with Crippen molar-refractivity contribution in [3.63, 3.8) is 0 Å². The van der Waals surface area contributed by atoms with Crippen LogP contribution in [0.4, 0.5) is 10.5 Å². The Balaban J connectivity index is 1.43. The highest BCUT2D eigenvalue weighted by molar-refractivity contribution is 5.68. The maximum Gasteiger partial charge on any atom is 0.410 e. The molecule has 0 unspecified atom stereocenters. The molecule has 1 fully saturated rings. The number of amides is 1. The van der Waals surface area contributed by atoms with E-state index in [1.54, 1.807) is 0 Å². The number of piperazine rings is 1. The van der Waals surface area contributed by atoms with Gasteiger partial charge in [-0.3, -0.25) is 0 Å². The van der Waals surface area contributed by atoms with Gasteiger partial charge in [-0.25, -0.2) is 4.79 Å². The van der Waals surface area contributed by atoms with Gasteiger partial charge in [-0.1, -0.05) is 36.4 Å². The van der Waals surface area contributed by atoms with Crippen LogP contribution in [0.15, 0.2) is 48.5 Å². The van der Waals surface area contributed by atoms with Crippen LogP contribution in [0.1, 0.15) is 23.1 Å². The second kappa shape index (κ2) is 8.65. The van der Waals surface area contributed by atoms with Crippen LogP contribution in [-0.4, -0.2) is 55.7 Å². The predicted octanol–water partition coefficient (Wildman–Crippen LogP) is 3.52. The third kappa shape index (κ3) is 4.47. The summed E-state index contributed by atoms with van der Waals surface area (Å²) >= 11 is 0. The van der Waals surface area contributed by atoms with Crippen molar-refractivity contribution in [3.8, 4) is 0 Å². The molecule has 0 bridgehead atoms. The van der Waals surface area contributed by atoms with Gasteiger partial charge in [-0.05, 0) is 48.7 Å². The fourth-order valence-corrected chi connectivity index (χ4v) is 3.98. The molecule has 5 heteroatoms. The number of carbonyl (C=O) groups is 1. The standard InChI is InChI=1S/C23H29N3O2/c1-24-12-14-25(15-13-24)22-10-9-20-8-5-11-26(17-21(20)16-22)23(27)28-18-19-6-3-2-4-7-19/h2-4,6-7,9-10,16H,5,8,11-15,17-18H2,1H3. The van der Waals surface area contributed by atoms with Crippen LogP contribution in [0.25, 0.3) is 0 Å². The Hall–Kier alpha value is -2.53. The van der Waals surface area contributed by atoms with Crippen molar-refractivity contribution >= 4 is 11.8 Å². The average molecular weight is 380 g/mol. The number of nitrogens with zero attached hydrogens (tertiary/aromatic N) is 3. The Kier molecular flexibility index (Phi) is 5.81. The van der Waals surface area contributed by atoms with Crippen LogP contribution >= 0.6 is 0 Å². The molecule has 0 saturated carbocycles. The molecule has 28 heavy (non-hydrogen) atoms. The summed E-state index contributed by atoms with van der Waals surface area (Å²) in [5, 5.41) is 0. The van der Waals surface area contributed by atoms with E-state index in [4.69, 9.17) is 4.74 Å². The summed E-state index contributed by atoms with van der Waals surface area (Å²) in [7, 11) is 2.17. The van der Waals surface area contributed by atoms with Crippen molar-refractivity contribution in [2.75, 3.05) is 44.7 Å². The van der Waals surface area contributed by atoms with Crippen molar-refractivity contribution < 1.29 is 9.53 Å². The molecule has 5 nitrogen and oxygen atoms in total. The highest BCUT2D eigenvalue weighted by atomic mass is 16.6. The van der Waals surface area contributed by atoms with E-state index < -0.39 is 0 Å². The SMILES string of the molecule is CN1CCN(c2ccc3c(c2)CN(C(=O)OCc2ccccc2)CCC3)CC1. The van der Waals surface area contributed by atoms with Gasteiger partial charge in [0.25, 0.3) is 0 Å². The number of ether oxygens (including phenoxy) is 1. The molecule has 0 aliphatic carbocycles. The predicted molar refractivity (Wildman–Crippen MR) is 112 cm³/mol. The lowest BCUT2D eigenvalue weighted by Crippen LogP contribution is -2.44. The maximum atomic E-state index is 12.6. The number of benzene rings is 2. The summed E-state index contributed by atoms with van der Waals surface area (Å²) < 4.78 is 5.57. The first kappa shape index (κ1) is 18.8. The number of anilines is 1. The largest absolute Gasteiger partial charge is 0.445 e. The molecule has 0 atom stereocenters. The van der Waals surface area contributed by atoms with E-state index in [0.717, 1.165) is 51.1 Å². The van der Waals surface area contributed by atoms with Gasteiger partial charge in [-0.15, -0.1) is 0 Å². The van der Waals surface area contributed by atoms with Crippen LogP contribution in [0.2, 0.25) is 0 Å². The molecule has 2 heterocycles. The molecule has 1 saturated heterocycles. The van der Waals surface area contributed by atoms with Crippen molar-refractivity contribution in [1.82, 2.24) is 9.80 Å². The van der Waals surface area contributed by atoms with Crippen molar-refractivity contribution in [3.05, 3.63) is 65.2 Å². The minimum atomic E-state index is -0.221. The number of likely N-dealkylation sites (N-methyl/N-ethyl adjacent to an activating group) is 1. The van der Waals surface area contributed by atoms with Gasteiger partial charge in [0.1, 0.15) is 6.61 Å². The van der Waals surface area contributed by atoms with E-state index >= 15 is 0 Å². The second-order valence-electron chi connectivity index (χ2n) is 7.81. The number of hydrogen-bond donors (Lipinski definition) is 0. The second-order valence-corrected chi connectivity index (χ2v) is 7.81. The van der Waals surface area contributed by atoms with Crippen LogP contribution in [0.5, 0.6) is 0 Å². The summed E-state index contributed by atoms with van der Waals surface area (Å²) in [6, 6.07) is 16.6. The molecular formula is C23H29N3O2. The number of carbonyl (C=O) groups excluding carboxylic acids is 1. The Bertz CT molecular complexity index is 801. The number of rotatable bonds is 3. The van der Waals surface area contributed by atoms with Crippen LogP contribution in [0, 0.1) is 0 Å². The topological polar surface area (TPSA) is 36.0 Å². The van der Waals surface area contributed by atoms with Crippen molar-refractivity contribution in [1.29, 1.82) is 0 Å². The first-order valence-electron chi connectivity index (χ1n) is 10.2. The molecule has 0 spiro atoms. The zero-order chi connectivity index (χ0) is 19.3. The zero-order valence-corrected chi connectivity index (χ0v) is 16.6. The van der Waals surface area contributed by atoms with E-state index in [-0.39, 0.29) is 6.09 Å². The monoisotopic (exact) mass is 379 g/mol. The Morgan fingerprint density at radius 2 is 1.75 bits per heavy atom. The molecule has 0 N–H and O–H groups in total. The van der Waals surface area contributed by atoms with Crippen LogP contribution < -0.4 is 4.90 Å². The summed E-state index contributed by atoms with van der Waals surface area (Å²) in [6.07, 6.45) is 1.77. The highest BCUT2D eigenvalue weighted by Gasteiger charge is 2.22. The van der Waals surface area contributed by atoms with Gasteiger partial charge >= 0.3 is 6.09 Å². The number of fused-ring (bicyclic) bond motifs is 1. The first-order chi connectivity index (χ1) is 13.7. The number of hydrogen-bond acceptors (Lipinski definition) is 4. The van der Waals surface area contributed by atoms with E-state index in [9.17, 15) is 4.79 Å². The minimum absolute atomic E-state index is 0.221. The van der Waals surface area contributed by atoms with Gasteiger partial charge in [-0.2, -0.15) is 0 Å². The third-order valence-electron chi connectivity index (χ3n) is 5.76. The van der Waals surface area contributed by atoms with Gasteiger partial charge in [0.05, 0.1) is 0 Å². The Labute approximate surface area is 167 Å². The quantitative estimate of drug-likeness (QED) is 0.818. The van der Waals surface area contributed by atoms with E-state index in [1.165, 1.54) is 16.8 Å². The smallest absolute Gasteiger partial charge is 0.410 e. The Morgan fingerprint density at radius 3 is 2.54 bits per heavy atom. The lowest BCUT2D eigenvalue weighted by Gasteiger charge is -2.34. The average Bonchev–Trinajstić information content (AvgIpc) is 2.95. The molecule has 1 amide bonds. The lowest BCUT2D eigenvalue weighted by molar-refractivity contribution is 0.0942. The van der Waals surface area contributed by atoms with Gasteiger partial charge < -0.3 is 19.4 Å². The summed E-state index contributed by atoms with van der Waals surface area (Å²) in [4.78, 5) is 19.3. The molecule has 4 rings (SSSR count). The highest BCUT2D eigenvalue weighted by Crippen LogP contribution is 2.26. The van der Waals surface area contributed by atoms with Gasteiger partial charge in [0.15, 0.2) is 0 Å². The fraction of sp³-hybridized carbons (Fsp3) is 0.435. The molecule has 2 aliphatic rings. The summed E-state index contributed by atoms with van der Waals surface area (Å²) in [5.74, 6) is 0. The van der Waals surface area contributed by atoms with Crippen molar-refractivity contribution in [2.45, 2.75) is 26.0 Å². The van der Waals surface area contributed by atoms with Crippen LogP contribution in [0.3, 0.4) is 0 Å². The zero-order valence-electron chi connectivity index (χ0n) is 16.6. The van der Waals surface area contributed by atoms with E-state index in [2.05, 4.69) is 35.0 Å². The normalized spacial score (nSPS) is 17.8. The maximum absolute atomic E-state index is 12.6. The Morgan fingerprint density at radius 1 is 0.964 bits per heavy atom. The third-order valence-corrected chi connectivity index (χ3v) is 5.76. The molecular weight excluding hydrogens is 350 g/mol. The van der Waals surface area contributed by atoms with E-state index in [0.29, 0.717) is 13.2 Å².